The molecule has 0 aromatic heterocycles. The molecule has 250 valence electrons. The molecule has 0 atom stereocenters. The molecule has 2 aliphatic heterocycles. The first-order valence-electron chi connectivity index (χ1n) is 15.5. The predicted molar refractivity (Wildman–Crippen MR) is 199 cm³/mol. The SMILES string of the molecule is COc1ccc(N2C(=O)C(=O)/C(=C(/NCCN/C(=C3/C(=O)C(=O)N(c4ccc(OC)cc4)C3=S)c3ccccc3)c3ccccc3)C2=S)cc1. The highest BCUT2D eigenvalue weighted by Crippen LogP contribution is 2.32. The van der Waals surface area contributed by atoms with Gasteiger partial charge in [0.25, 0.3) is 11.6 Å². The van der Waals surface area contributed by atoms with Gasteiger partial charge in [0, 0.05) is 13.1 Å². The Kier molecular flexibility index (Phi) is 9.93. The van der Waals surface area contributed by atoms with E-state index in [-0.39, 0.29) is 34.2 Å². The summed E-state index contributed by atoms with van der Waals surface area (Å²) in [6.07, 6.45) is 0. The number of benzene rings is 4. The third-order valence-corrected chi connectivity index (χ3v) is 8.87. The van der Waals surface area contributed by atoms with Crippen LogP contribution in [0.4, 0.5) is 11.4 Å². The summed E-state index contributed by atoms with van der Waals surface area (Å²) in [5, 5.41) is 6.61. The Balaban J connectivity index is 1.30. The summed E-state index contributed by atoms with van der Waals surface area (Å²) in [6, 6.07) is 31.6. The smallest absolute Gasteiger partial charge is 0.304 e. The Labute approximate surface area is 299 Å². The van der Waals surface area contributed by atoms with E-state index in [1.54, 1.807) is 48.5 Å². The van der Waals surface area contributed by atoms with Gasteiger partial charge in [-0.2, -0.15) is 0 Å². The fourth-order valence-electron chi connectivity index (χ4n) is 5.65. The molecular formula is C38H30N4O6S2. The maximum absolute atomic E-state index is 13.5. The number of carbonyl (C=O) groups excluding carboxylic acids is 4. The fourth-order valence-corrected chi connectivity index (χ4v) is 6.41. The number of carbonyl (C=O) groups is 4. The first-order chi connectivity index (χ1) is 24.2. The Morgan fingerprint density at radius 3 is 1.20 bits per heavy atom. The Bertz CT molecular complexity index is 1930. The molecule has 2 saturated heterocycles. The highest BCUT2D eigenvalue weighted by atomic mass is 32.1. The van der Waals surface area contributed by atoms with E-state index in [9.17, 15) is 19.2 Å². The van der Waals surface area contributed by atoms with Gasteiger partial charge in [-0.1, -0.05) is 85.1 Å². The normalized spacial score (nSPS) is 16.6. The van der Waals surface area contributed by atoms with E-state index in [1.807, 2.05) is 60.7 Å². The molecule has 4 aromatic rings. The summed E-state index contributed by atoms with van der Waals surface area (Å²) in [7, 11) is 3.07. The molecule has 2 aliphatic rings. The molecular weight excluding hydrogens is 673 g/mol. The molecule has 2 fully saturated rings. The van der Waals surface area contributed by atoms with Crippen LogP contribution in [0.3, 0.4) is 0 Å². The van der Waals surface area contributed by atoms with Crippen molar-refractivity contribution in [2.45, 2.75) is 0 Å². The molecule has 10 nitrogen and oxygen atoms in total. The van der Waals surface area contributed by atoms with Crippen LogP contribution >= 0.6 is 24.4 Å². The molecule has 0 bridgehead atoms. The van der Waals surface area contributed by atoms with E-state index in [0.29, 0.717) is 45.4 Å². The number of ketones is 2. The average Bonchev–Trinajstić information content (AvgIpc) is 3.51. The second-order valence-electron chi connectivity index (χ2n) is 11.0. The lowest BCUT2D eigenvalue weighted by molar-refractivity contribution is -0.132. The van der Waals surface area contributed by atoms with Gasteiger partial charge in [-0.3, -0.25) is 29.0 Å². The predicted octanol–water partition coefficient (Wildman–Crippen LogP) is 4.89. The number of methoxy groups -OCH3 is 2. The van der Waals surface area contributed by atoms with Gasteiger partial charge < -0.3 is 20.1 Å². The Morgan fingerprint density at radius 1 is 0.540 bits per heavy atom. The molecule has 0 unspecified atom stereocenters. The van der Waals surface area contributed by atoms with Crippen LogP contribution in [0.5, 0.6) is 11.5 Å². The number of Topliss-reactive ketones (excluding diaryl/α,β-unsaturated/α-hetero) is 2. The number of thiocarbonyl (C=S) groups is 2. The largest absolute Gasteiger partial charge is 0.497 e. The molecule has 4 aromatic carbocycles. The number of nitrogens with zero attached hydrogens (tertiary/aromatic N) is 2. The molecule has 6 rings (SSSR count). The van der Waals surface area contributed by atoms with Crippen LogP contribution in [-0.4, -0.2) is 60.7 Å². The van der Waals surface area contributed by atoms with E-state index in [1.165, 1.54) is 24.0 Å². The standard InChI is InChI=1S/C38H30N4O6S2/c1-47-27-17-13-25(14-18-27)41-35(45)33(43)29(37(41)49)31(23-9-5-3-6-10-23)39-21-22-40-32(24-11-7-4-8-12-24)30-34(44)36(46)42(38(30)50)26-15-19-28(48-2)20-16-26/h3-20,39-40H,21-22H2,1-2H3/b31-29-,32-30-. The Morgan fingerprint density at radius 2 is 0.880 bits per heavy atom. The number of ether oxygens (including phenoxy) is 2. The van der Waals surface area contributed by atoms with Crippen molar-refractivity contribution in [3.8, 4) is 11.5 Å². The number of rotatable bonds is 11. The maximum atomic E-state index is 13.5. The molecule has 2 N–H and O–H groups in total. The average molecular weight is 703 g/mol. The van der Waals surface area contributed by atoms with Crippen LogP contribution in [0.1, 0.15) is 11.1 Å². The van der Waals surface area contributed by atoms with Crippen LogP contribution in [0.25, 0.3) is 11.4 Å². The van der Waals surface area contributed by atoms with Crippen molar-refractivity contribution in [3.63, 3.8) is 0 Å². The summed E-state index contributed by atoms with van der Waals surface area (Å²) in [6.45, 7) is 0.447. The van der Waals surface area contributed by atoms with Gasteiger partial charge in [0.05, 0.1) is 48.1 Å². The minimum atomic E-state index is -0.765. The van der Waals surface area contributed by atoms with Crippen molar-refractivity contribution >= 4 is 80.6 Å². The van der Waals surface area contributed by atoms with Crippen LogP contribution in [-0.2, 0) is 19.2 Å². The fraction of sp³-hybridized carbons (Fsp3) is 0.105. The van der Waals surface area contributed by atoms with Gasteiger partial charge in [0.15, 0.2) is 0 Å². The lowest BCUT2D eigenvalue weighted by Gasteiger charge is -2.19. The topological polar surface area (TPSA) is 117 Å². The number of anilines is 2. The number of nitrogens with one attached hydrogen (secondary N) is 2. The van der Waals surface area contributed by atoms with E-state index in [4.69, 9.17) is 33.9 Å². The second kappa shape index (κ2) is 14.6. The maximum Gasteiger partial charge on any atom is 0.304 e. The molecule has 2 amide bonds. The van der Waals surface area contributed by atoms with Gasteiger partial charge in [0.1, 0.15) is 21.5 Å². The summed E-state index contributed by atoms with van der Waals surface area (Å²) < 4.78 is 10.5. The zero-order chi connectivity index (χ0) is 35.4. The van der Waals surface area contributed by atoms with Crippen LogP contribution in [0.2, 0.25) is 0 Å². The minimum absolute atomic E-state index is 0.0654. The lowest BCUT2D eigenvalue weighted by atomic mass is 10.0. The zero-order valence-electron chi connectivity index (χ0n) is 27.0. The van der Waals surface area contributed by atoms with E-state index < -0.39 is 23.4 Å². The summed E-state index contributed by atoms with van der Waals surface area (Å²) in [5.41, 5.74) is 3.08. The van der Waals surface area contributed by atoms with Crippen molar-refractivity contribution in [1.82, 2.24) is 10.6 Å². The highest BCUT2D eigenvalue weighted by molar-refractivity contribution is 7.81. The van der Waals surface area contributed by atoms with Crippen molar-refractivity contribution in [3.05, 3.63) is 131 Å². The van der Waals surface area contributed by atoms with Gasteiger partial charge in [-0.25, -0.2) is 0 Å². The Hall–Kier alpha value is -5.98. The van der Waals surface area contributed by atoms with Crippen molar-refractivity contribution < 1.29 is 28.7 Å². The van der Waals surface area contributed by atoms with Crippen LogP contribution < -0.4 is 29.9 Å². The lowest BCUT2D eigenvalue weighted by Crippen LogP contribution is -2.30. The van der Waals surface area contributed by atoms with E-state index >= 15 is 0 Å². The number of hydrogen-bond donors (Lipinski definition) is 2. The number of amides is 2. The third-order valence-electron chi connectivity index (χ3n) is 8.10. The molecule has 50 heavy (non-hydrogen) atoms. The van der Waals surface area contributed by atoms with Crippen LogP contribution in [0.15, 0.2) is 120 Å². The van der Waals surface area contributed by atoms with Gasteiger partial charge in [-0.05, 0) is 59.7 Å². The van der Waals surface area contributed by atoms with Gasteiger partial charge >= 0.3 is 11.8 Å². The van der Waals surface area contributed by atoms with E-state index in [0.717, 1.165) is 0 Å². The van der Waals surface area contributed by atoms with Gasteiger partial charge in [-0.15, -0.1) is 0 Å². The summed E-state index contributed by atoms with van der Waals surface area (Å²) in [4.78, 5) is 56.1. The highest BCUT2D eigenvalue weighted by Gasteiger charge is 2.44. The molecule has 0 radical (unpaired) electrons. The third kappa shape index (κ3) is 6.41. The van der Waals surface area contributed by atoms with Crippen molar-refractivity contribution in [1.29, 1.82) is 0 Å². The molecule has 0 saturated carbocycles. The van der Waals surface area contributed by atoms with Crippen molar-refractivity contribution in [2.75, 3.05) is 37.1 Å². The first-order valence-corrected chi connectivity index (χ1v) is 16.3. The summed E-state index contributed by atoms with van der Waals surface area (Å²) in [5.74, 6) is -1.82. The van der Waals surface area contributed by atoms with Gasteiger partial charge in [0.2, 0.25) is 0 Å². The number of hydrogen-bond acceptors (Lipinski definition) is 10. The molecule has 0 spiro atoms. The van der Waals surface area contributed by atoms with E-state index in [2.05, 4.69) is 10.6 Å². The van der Waals surface area contributed by atoms with Crippen molar-refractivity contribution in [2.24, 2.45) is 0 Å². The van der Waals surface area contributed by atoms with Crippen LogP contribution in [0, 0.1) is 0 Å². The minimum Gasteiger partial charge on any atom is -0.497 e. The zero-order valence-corrected chi connectivity index (χ0v) is 28.6. The molecule has 12 heteroatoms. The monoisotopic (exact) mass is 702 g/mol. The summed E-state index contributed by atoms with van der Waals surface area (Å²) >= 11 is 11.5. The molecule has 0 aliphatic carbocycles. The first kappa shape index (κ1) is 33.9. The second-order valence-corrected chi connectivity index (χ2v) is 11.8. The molecule has 2 heterocycles. The quantitative estimate of drug-likeness (QED) is 0.0969.